The summed E-state index contributed by atoms with van der Waals surface area (Å²) in [5, 5.41) is 0. The Balaban J connectivity index is 1.61. The first-order valence-electron chi connectivity index (χ1n) is 11.9. The number of nitrogens with zero attached hydrogens (tertiary/aromatic N) is 2. The first-order valence-corrected chi connectivity index (χ1v) is 13.4. The molecule has 10 heteroatoms. The molecule has 0 radical (unpaired) electrons. The van der Waals surface area contributed by atoms with Crippen LogP contribution in [0.25, 0.3) is 0 Å². The zero-order valence-electron chi connectivity index (χ0n) is 19.9. The van der Waals surface area contributed by atoms with E-state index in [4.69, 9.17) is 9.47 Å². The molecule has 0 aromatic heterocycles. The van der Waals surface area contributed by atoms with Gasteiger partial charge in [0.15, 0.2) is 0 Å². The van der Waals surface area contributed by atoms with Crippen molar-refractivity contribution in [2.75, 3.05) is 51.2 Å². The van der Waals surface area contributed by atoms with Crippen molar-refractivity contribution in [3.63, 3.8) is 0 Å². The van der Waals surface area contributed by atoms with Gasteiger partial charge in [-0.05, 0) is 43.2 Å². The lowest BCUT2D eigenvalue weighted by atomic mass is 10.1. The molecule has 0 bridgehead atoms. The van der Waals surface area contributed by atoms with E-state index in [0.717, 1.165) is 25.7 Å². The molecule has 2 aliphatic heterocycles. The van der Waals surface area contributed by atoms with Gasteiger partial charge in [0, 0.05) is 26.2 Å². The minimum atomic E-state index is -4.09. The van der Waals surface area contributed by atoms with Gasteiger partial charge >= 0.3 is 0 Å². The normalized spacial score (nSPS) is 16.9. The highest BCUT2D eigenvalue weighted by molar-refractivity contribution is 7.92. The van der Waals surface area contributed by atoms with Crippen LogP contribution in [0.2, 0.25) is 0 Å². The second-order valence-electron chi connectivity index (χ2n) is 8.62. The van der Waals surface area contributed by atoms with Crippen LogP contribution in [0.4, 0.5) is 5.69 Å². The molecule has 0 unspecified atom stereocenters. The number of carbonyl (C=O) groups is 2. The van der Waals surface area contributed by atoms with Gasteiger partial charge in [-0.15, -0.1) is 0 Å². The van der Waals surface area contributed by atoms with Crippen molar-refractivity contribution in [2.45, 2.75) is 30.6 Å². The highest BCUT2D eigenvalue weighted by Gasteiger charge is 2.26. The topological polar surface area (TPSA) is 105 Å². The number of rotatable bonds is 6. The van der Waals surface area contributed by atoms with Gasteiger partial charge in [0.1, 0.15) is 5.75 Å². The molecule has 35 heavy (non-hydrogen) atoms. The lowest BCUT2D eigenvalue weighted by Crippen LogP contribution is -2.41. The highest BCUT2D eigenvalue weighted by Crippen LogP contribution is 2.27. The molecule has 4 rings (SSSR count). The van der Waals surface area contributed by atoms with E-state index in [9.17, 15) is 18.0 Å². The maximum absolute atomic E-state index is 13.3. The smallest absolute Gasteiger partial charge is 0.261 e. The number of hydrogen-bond donors (Lipinski definition) is 1. The van der Waals surface area contributed by atoms with E-state index < -0.39 is 10.0 Å². The van der Waals surface area contributed by atoms with E-state index in [-0.39, 0.29) is 33.5 Å². The summed E-state index contributed by atoms with van der Waals surface area (Å²) >= 11 is 0. The Bertz CT molecular complexity index is 1170. The standard InChI is InChI=1S/C25H31N3O6S/c1-33-23-11-10-19(18-21(23)25(30)27-12-6-2-3-7-13-27)35(31,32)26-22-9-5-4-8-20(22)24(29)28-14-16-34-17-15-28/h4-5,8-11,18,26H,2-3,6-7,12-17H2,1H3. The number of sulfonamides is 1. The number of anilines is 1. The molecule has 2 aliphatic rings. The largest absolute Gasteiger partial charge is 0.496 e. The van der Waals surface area contributed by atoms with Crippen molar-refractivity contribution >= 4 is 27.5 Å². The number of likely N-dealkylation sites (tertiary alicyclic amines) is 1. The number of morpholine rings is 1. The van der Waals surface area contributed by atoms with Gasteiger partial charge in [-0.3, -0.25) is 14.3 Å². The lowest BCUT2D eigenvalue weighted by Gasteiger charge is -2.27. The van der Waals surface area contributed by atoms with Crippen LogP contribution in [0, 0.1) is 0 Å². The monoisotopic (exact) mass is 501 g/mol. The summed E-state index contributed by atoms with van der Waals surface area (Å²) < 4.78 is 39.9. The summed E-state index contributed by atoms with van der Waals surface area (Å²) in [5.74, 6) is -0.192. The Morgan fingerprint density at radius 1 is 0.857 bits per heavy atom. The molecule has 2 fully saturated rings. The summed E-state index contributed by atoms with van der Waals surface area (Å²) in [6.45, 7) is 3.04. The van der Waals surface area contributed by atoms with Crippen LogP contribution in [0.1, 0.15) is 46.4 Å². The predicted molar refractivity (Wildman–Crippen MR) is 131 cm³/mol. The minimum absolute atomic E-state index is 0.0786. The first-order chi connectivity index (χ1) is 16.9. The van der Waals surface area contributed by atoms with Crippen molar-refractivity contribution in [2.24, 2.45) is 0 Å². The van der Waals surface area contributed by atoms with Gasteiger partial charge in [-0.1, -0.05) is 25.0 Å². The lowest BCUT2D eigenvalue weighted by molar-refractivity contribution is 0.0303. The van der Waals surface area contributed by atoms with Gasteiger partial charge in [-0.2, -0.15) is 0 Å². The summed E-state index contributed by atoms with van der Waals surface area (Å²) in [6.07, 6.45) is 3.98. The number of para-hydroxylation sites is 1. The van der Waals surface area contributed by atoms with Crippen LogP contribution in [0.3, 0.4) is 0 Å². The van der Waals surface area contributed by atoms with Crippen LogP contribution in [-0.2, 0) is 14.8 Å². The maximum Gasteiger partial charge on any atom is 0.261 e. The number of methoxy groups -OCH3 is 1. The van der Waals surface area contributed by atoms with Gasteiger partial charge in [0.2, 0.25) is 0 Å². The van der Waals surface area contributed by atoms with Gasteiger partial charge < -0.3 is 19.3 Å². The number of hydrogen-bond acceptors (Lipinski definition) is 6. The molecule has 2 saturated heterocycles. The van der Waals surface area contributed by atoms with E-state index >= 15 is 0 Å². The third-order valence-corrected chi connectivity index (χ3v) is 7.67. The molecule has 2 amide bonds. The van der Waals surface area contributed by atoms with Gasteiger partial charge in [-0.25, -0.2) is 8.42 Å². The number of nitrogens with one attached hydrogen (secondary N) is 1. The molecule has 2 heterocycles. The van der Waals surface area contributed by atoms with Gasteiger partial charge in [0.25, 0.3) is 21.8 Å². The van der Waals surface area contributed by atoms with E-state index in [2.05, 4.69) is 4.72 Å². The quantitative estimate of drug-likeness (QED) is 0.653. The summed E-state index contributed by atoms with van der Waals surface area (Å²) in [5.41, 5.74) is 0.641. The van der Waals surface area contributed by atoms with Crippen LogP contribution in [-0.4, -0.2) is 76.5 Å². The third kappa shape index (κ3) is 5.76. The summed E-state index contributed by atoms with van der Waals surface area (Å²) in [6, 6.07) is 10.7. The van der Waals surface area contributed by atoms with Crippen molar-refractivity contribution in [1.29, 1.82) is 0 Å². The van der Waals surface area contributed by atoms with Crippen molar-refractivity contribution in [3.05, 3.63) is 53.6 Å². The Morgan fingerprint density at radius 3 is 2.17 bits per heavy atom. The summed E-state index contributed by atoms with van der Waals surface area (Å²) in [4.78, 5) is 29.6. The molecule has 2 aromatic rings. The van der Waals surface area contributed by atoms with E-state index in [1.54, 1.807) is 34.1 Å². The van der Waals surface area contributed by atoms with Crippen molar-refractivity contribution < 1.29 is 27.5 Å². The predicted octanol–water partition coefficient (Wildman–Crippen LogP) is 2.98. The Kier molecular flexibility index (Phi) is 7.92. The molecule has 9 nitrogen and oxygen atoms in total. The van der Waals surface area contributed by atoms with Crippen LogP contribution < -0.4 is 9.46 Å². The minimum Gasteiger partial charge on any atom is -0.496 e. The van der Waals surface area contributed by atoms with Crippen molar-refractivity contribution in [1.82, 2.24) is 9.80 Å². The number of carbonyl (C=O) groups excluding carboxylic acids is 2. The molecule has 188 valence electrons. The van der Waals surface area contributed by atoms with Crippen LogP contribution in [0.15, 0.2) is 47.4 Å². The van der Waals surface area contributed by atoms with Crippen LogP contribution >= 0.6 is 0 Å². The van der Waals surface area contributed by atoms with Gasteiger partial charge in [0.05, 0.1) is 42.0 Å². The highest BCUT2D eigenvalue weighted by atomic mass is 32.2. The molecule has 0 spiro atoms. The zero-order chi connectivity index (χ0) is 24.8. The Morgan fingerprint density at radius 2 is 1.49 bits per heavy atom. The fourth-order valence-corrected chi connectivity index (χ4v) is 5.47. The fourth-order valence-electron chi connectivity index (χ4n) is 4.36. The average molecular weight is 502 g/mol. The average Bonchev–Trinajstić information content (AvgIpc) is 3.18. The molecule has 0 atom stereocenters. The Labute approximate surface area is 206 Å². The SMILES string of the molecule is COc1ccc(S(=O)(=O)Nc2ccccc2C(=O)N2CCOCC2)cc1C(=O)N1CCCCCC1. The van der Waals surface area contributed by atoms with E-state index in [1.165, 1.54) is 25.3 Å². The molecule has 0 aliphatic carbocycles. The molecular weight excluding hydrogens is 470 g/mol. The number of ether oxygens (including phenoxy) is 2. The molecule has 0 saturated carbocycles. The zero-order valence-corrected chi connectivity index (χ0v) is 20.7. The summed E-state index contributed by atoms with van der Waals surface area (Å²) in [7, 11) is -2.64. The van der Waals surface area contributed by atoms with Crippen LogP contribution in [0.5, 0.6) is 5.75 Å². The third-order valence-electron chi connectivity index (χ3n) is 6.31. The Hall–Kier alpha value is -3.11. The first kappa shape index (κ1) is 25.0. The molecule has 2 aromatic carbocycles. The second-order valence-corrected chi connectivity index (χ2v) is 10.3. The molecular formula is C25H31N3O6S. The molecule has 1 N–H and O–H groups in total. The van der Waals surface area contributed by atoms with E-state index in [0.29, 0.717) is 45.1 Å². The second kappa shape index (κ2) is 11.1. The maximum atomic E-state index is 13.3. The number of amides is 2. The fraction of sp³-hybridized carbons (Fsp3) is 0.440. The van der Waals surface area contributed by atoms with E-state index in [1.807, 2.05) is 0 Å². The number of benzene rings is 2. The van der Waals surface area contributed by atoms with Crippen molar-refractivity contribution in [3.8, 4) is 5.75 Å².